The second kappa shape index (κ2) is 12.0. The predicted molar refractivity (Wildman–Crippen MR) is 146 cm³/mol. The van der Waals surface area contributed by atoms with E-state index in [1.807, 2.05) is 74.8 Å². The lowest BCUT2D eigenvalue weighted by Crippen LogP contribution is -2.49. The van der Waals surface area contributed by atoms with E-state index >= 15 is 0 Å². The van der Waals surface area contributed by atoms with Crippen molar-refractivity contribution >= 4 is 22.2 Å². The molecule has 8 heteroatoms. The van der Waals surface area contributed by atoms with Gasteiger partial charge >= 0.3 is 0 Å². The number of nitrogens with zero attached hydrogens (tertiary/aromatic N) is 3. The average Bonchev–Trinajstić information content (AvgIpc) is 2.90. The SMILES string of the molecule is C[C@H](CO)N1C[C@H](C)[C@H](CN(C)Cc2cccnc2)Oc2cc(/C=C/c3ccccc3)ccc2S1(=O)=O. The van der Waals surface area contributed by atoms with E-state index in [0.29, 0.717) is 18.8 Å². The molecule has 37 heavy (non-hydrogen) atoms. The number of benzene rings is 2. The normalized spacial score (nSPS) is 20.7. The highest BCUT2D eigenvalue weighted by Gasteiger charge is 2.38. The Hall–Kier alpha value is -3.04. The molecule has 2 heterocycles. The summed E-state index contributed by atoms with van der Waals surface area (Å²) in [5.41, 5.74) is 2.99. The third kappa shape index (κ3) is 6.64. The molecule has 0 aliphatic carbocycles. The molecule has 0 spiro atoms. The van der Waals surface area contributed by atoms with Gasteiger partial charge in [0.25, 0.3) is 0 Å². The number of hydrogen-bond acceptors (Lipinski definition) is 6. The molecular formula is C29H35N3O4S. The first-order valence-electron chi connectivity index (χ1n) is 12.5. The molecule has 1 N–H and O–H groups in total. The minimum Gasteiger partial charge on any atom is -0.487 e. The molecule has 3 aromatic rings. The molecule has 196 valence electrons. The molecule has 1 aromatic heterocycles. The summed E-state index contributed by atoms with van der Waals surface area (Å²) in [4.78, 5) is 6.48. The van der Waals surface area contributed by atoms with Crippen LogP contribution in [0.5, 0.6) is 5.75 Å². The van der Waals surface area contributed by atoms with Gasteiger partial charge in [-0.05, 0) is 48.9 Å². The van der Waals surface area contributed by atoms with Crippen molar-refractivity contribution in [2.45, 2.75) is 37.4 Å². The number of aliphatic hydroxyl groups is 1. The number of rotatable bonds is 8. The Kier molecular flexibility index (Phi) is 8.76. The van der Waals surface area contributed by atoms with Gasteiger partial charge in [0.2, 0.25) is 10.0 Å². The van der Waals surface area contributed by atoms with Gasteiger partial charge in [0, 0.05) is 44.0 Å². The van der Waals surface area contributed by atoms with Crippen LogP contribution in [0.1, 0.15) is 30.5 Å². The molecule has 2 aromatic carbocycles. The fourth-order valence-electron chi connectivity index (χ4n) is 4.50. The van der Waals surface area contributed by atoms with Gasteiger partial charge in [-0.25, -0.2) is 8.42 Å². The minimum absolute atomic E-state index is 0.114. The van der Waals surface area contributed by atoms with Crippen molar-refractivity contribution in [2.24, 2.45) is 5.92 Å². The van der Waals surface area contributed by atoms with Crippen LogP contribution in [0.25, 0.3) is 12.2 Å². The van der Waals surface area contributed by atoms with Crippen LogP contribution in [0.4, 0.5) is 0 Å². The Morgan fingerprint density at radius 1 is 1.14 bits per heavy atom. The first-order valence-corrected chi connectivity index (χ1v) is 14.0. The highest BCUT2D eigenvalue weighted by Crippen LogP contribution is 2.34. The number of aliphatic hydroxyl groups excluding tert-OH is 1. The van der Waals surface area contributed by atoms with Crippen LogP contribution in [0.15, 0.2) is 78.0 Å². The number of aromatic nitrogens is 1. The van der Waals surface area contributed by atoms with Gasteiger partial charge in [0.05, 0.1) is 6.61 Å². The van der Waals surface area contributed by atoms with E-state index in [0.717, 1.165) is 16.7 Å². The van der Waals surface area contributed by atoms with Crippen molar-refractivity contribution in [2.75, 3.05) is 26.7 Å². The van der Waals surface area contributed by atoms with Crippen molar-refractivity contribution in [3.05, 3.63) is 89.7 Å². The number of sulfonamides is 1. The maximum absolute atomic E-state index is 13.7. The zero-order valence-corrected chi connectivity index (χ0v) is 22.4. The first kappa shape index (κ1) is 27.0. The summed E-state index contributed by atoms with van der Waals surface area (Å²) in [7, 11) is -1.85. The Balaban J connectivity index is 1.68. The monoisotopic (exact) mass is 521 g/mol. The van der Waals surface area contributed by atoms with Crippen molar-refractivity contribution in [3.63, 3.8) is 0 Å². The number of pyridine rings is 1. The topological polar surface area (TPSA) is 83.0 Å². The average molecular weight is 522 g/mol. The Morgan fingerprint density at radius 2 is 1.89 bits per heavy atom. The van der Waals surface area contributed by atoms with E-state index in [9.17, 15) is 13.5 Å². The highest BCUT2D eigenvalue weighted by molar-refractivity contribution is 7.89. The molecule has 4 rings (SSSR count). The lowest BCUT2D eigenvalue weighted by Gasteiger charge is -2.37. The zero-order chi connectivity index (χ0) is 26.4. The second-order valence-corrected chi connectivity index (χ2v) is 11.6. The largest absolute Gasteiger partial charge is 0.487 e. The number of ether oxygens (including phenoxy) is 1. The summed E-state index contributed by atoms with van der Waals surface area (Å²) in [6, 6.07) is 18.5. The van der Waals surface area contributed by atoms with E-state index in [-0.39, 0.29) is 30.1 Å². The molecule has 0 saturated heterocycles. The van der Waals surface area contributed by atoms with Crippen LogP contribution in [-0.4, -0.2) is 66.6 Å². The molecular weight excluding hydrogens is 486 g/mol. The van der Waals surface area contributed by atoms with Crippen LogP contribution in [0, 0.1) is 5.92 Å². The van der Waals surface area contributed by atoms with Gasteiger partial charge in [-0.3, -0.25) is 9.88 Å². The van der Waals surface area contributed by atoms with Crippen molar-refractivity contribution < 1.29 is 18.3 Å². The Labute approximate surface area is 220 Å². The Bertz CT molecular complexity index is 1300. The van der Waals surface area contributed by atoms with Crippen molar-refractivity contribution in [3.8, 4) is 5.75 Å². The molecule has 7 nitrogen and oxygen atoms in total. The highest BCUT2D eigenvalue weighted by atomic mass is 32.2. The van der Waals surface area contributed by atoms with E-state index in [2.05, 4.69) is 9.88 Å². The minimum atomic E-state index is -3.87. The molecule has 1 aliphatic heterocycles. The summed E-state index contributed by atoms with van der Waals surface area (Å²) in [6.45, 7) is 5.02. The summed E-state index contributed by atoms with van der Waals surface area (Å²) in [6.07, 6.45) is 7.27. The first-order chi connectivity index (χ1) is 17.8. The maximum Gasteiger partial charge on any atom is 0.247 e. The van der Waals surface area contributed by atoms with E-state index in [1.54, 1.807) is 31.3 Å². The number of fused-ring (bicyclic) bond motifs is 1. The van der Waals surface area contributed by atoms with Gasteiger partial charge in [0.15, 0.2) is 0 Å². The van der Waals surface area contributed by atoms with Gasteiger partial charge in [-0.2, -0.15) is 4.31 Å². The zero-order valence-electron chi connectivity index (χ0n) is 21.6. The van der Waals surface area contributed by atoms with Gasteiger partial charge in [-0.15, -0.1) is 0 Å². The molecule has 0 fully saturated rings. The van der Waals surface area contributed by atoms with E-state index < -0.39 is 16.1 Å². The molecule has 3 atom stereocenters. The fraction of sp³-hybridized carbons (Fsp3) is 0.345. The quantitative estimate of drug-likeness (QED) is 0.449. The lowest BCUT2D eigenvalue weighted by atomic mass is 10.0. The molecule has 0 radical (unpaired) electrons. The standard InChI is InChI=1S/C29H35N3O4S/c1-22-18-32(23(2)21-33)37(34,35)29-14-13-25(12-11-24-8-5-4-6-9-24)16-27(29)36-28(22)20-31(3)19-26-10-7-15-30-17-26/h4-17,22-23,28,33H,18-21H2,1-3H3/b12-11+/t22-,23+,28-/m0/s1. The predicted octanol–water partition coefficient (Wildman–Crippen LogP) is 4.15. The molecule has 1 aliphatic rings. The molecule has 0 bridgehead atoms. The van der Waals surface area contributed by atoms with Crippen LogP contribution in [-0.2, 0) is 16.6 Å². The van der Waals surface area contributed by atoms with Crippen molar-refractivity contribution in [1.29, 1.82) is 0 Å². The van der Waals surface area contributed by atoms with E-state index in [4.69, 9.17) is 4.74 Å². The number of likely N-dealkylation sites (N-methyl/N-ethyl adjacent to an activating group) is 1. The maximum atomic E-state index is 13.7. The van der Waals surface area contributed by atoms with Crippen LogP contribution in [0.3, 0.4) is 0 Å². The van der Waals surface area contributed by atoms with E-state index in [1.165, 1.54) is 4.31 Å². The van der Waals surface area contributed by atoms with Crippen molar-refractivity contribution in [1.82, 2.24) is 14.2 Å². The third-order valence-corrected chi connectivity index (χ3v) is 8.65. The summed E-state index contributed by atoms with van der Waals surface area (Å²) in [5.74, 6) is 0.216. The molecule has 0 unspecified atom stereocenters. The lowest BCUT2D eigenvalue weighted by molar-refractivity contribution is 0.0733. The van der Waals surface area contributed by atoms with Gasteiger partial charge < -0.3 is 9.84 Å². The Morgan fingerprint density at radius 3 is 2.59 bits per heavy atom. The molecule has 0 amide bonds. The van der Waals surface area contributed by atoms with Crippen LogP contribution >= 0.6 is 0 Å². The summed E-state index contributed by atoms with van der Waals surface area (Å²) >= 11 is 0. The van der Waals surface area contributed by atoms with Crippen LogP contribution in [0.2, 0.25) is 0 Å². The second-order valence-electron chi connectivity index (χ2n) is 9.75. The summed E-state index contributed by atoms with van der Waals surface area (Å²) in [5, 5.41) is 9.85. The fourth-order valence-corrected chi connectivity index (χ4v) is 6.32. The summed E-state index contributed by atoms with van der Waals surface area (Å²) < 4.78 is 35.3. The number of hydrogen-bond donors (Lipinski definition) is 1. The van der Waals surface area contributed by atoms with Gasteiger partial charge in [0.1, 0.15) is 16.7 Å². The molecule has 0 saturated carbocycles. The smallest absolute Gasteiger partial charge is 0.247 e. The van der Waals surface area contributed by atoms with Gasteiger partial charge in [-0.1, -0.05) is 61.5 Å². The third-order valence-electron chi connectivity index (χ3n) is 6.63. The van der Waals surface area contributed by atoms with Crippen LogP contribution < -0.4 is 4.74 Å².